The van der Waals surface area contributed by atoms with Gasteiger partial charge in [-0.15, -0.1) is 11.8 Å². The molecule has 1 aromatic rings. The monoisotopic (exact) mass is 334 g/mol. The molecule has 120 valence electrons. The molecule has 2 aliphatic heterocycles. The lowest BCUT2D eigenvalue weighted by Gasteiger charge is -2.42. The Bertz CT molecular complexity index is 676. The second-order valence-corrected chi connectivity index (χ2v) is 5.87. The lowest BCUT2D eigenvalue weighted by atomic mass is 10.1. The molecule has 2 aliphatic rings. The van der Waals surface area contributed by atoms with E-state index < -0.39 is 12.0 Å². The second kappa shape index (κ2) is 6.33. The lowest BCUT2D eigenvalue weighted by molar-refractivity contribution is -0.151. The Balaban J connectivity index is 1.52. The molecule has 1 saturated heterocycles. The fourth-order valence-corrected chi connectivity index (χ4v) is 3.47. The minimum absolute atomic E-state index is 0.178. The van der Waals surface area contributed by atoms with Crippen LogP contribution < -0.4 is 10.1 Å². The van der Waals surface area contributed by atoms with Crippen LogP contribution >= 0.6 is 11.8 Å². The van der Waals surface area contributed by atoms with E-state index >= 15 is 0 Å². The van der Waals surface area contributed by atoms with Gasteiger partial charge in [-0.1, -0.05) is 18.2 Å². The van der Waals surface area contributed by atoms with Gasteiger partial charge in [-0.3, -0.25) is 14.5 Å². The summed E-state index contributed by atoms with van der Waals surface area (Å²) < 4.78 is 9.95. The number of hydrogen-bond donors (Lipinski definition) is 1. The van der Waals surface area contributed by atoms with E-state index in [1.54, 1.807) is 29.7 Å². The maximum atomic E-state index is 12.1. The maximum absolute atomic E-state index is 12.1. The Morgan fingerprint density at radius 2 is 2.04 bits per heavy atom. The normalized spacial score (nSPS) is 21.9. The number of thioether (sulfide) groups is 1. The Morgan fingerprint density at radius 3 is 2.74 bits per heavy atom. The van der Waals surface area contributed by atoms with E-state index in [0.717, 1.165) is 0 Å². The van der Waals surface area contributed by atoms with Crippen LogP contribution in [0.3, 0.4) is 0 Å². The first-order chi connectivity index (χ1) is 11.1. The van der Waals surface area contributed by atoms with Gasteiger partial charge in [-0.05, 0) is 12.1 Å². The van der Waals surface area contributed by atoms with E-state index in [2.05, 4.69) is 10.1 Å². The van der Waals surface area contributed by atoms with Gasteiger partial charge in [0.25, 0.3) is 11.8 Å². The van der Waals surface area contributed by atoms with E-state index in [0.29, 0.717) is 5.75 Å². The van der Waals surface area contributed by atoms with Gasteiger partial charge in [0.2, 0.25) is 0 Å². The molecule has 7 nitrogen and oxygen atoms in total. The molecule has 2 atom stereocenters. The van der Waals surface area contributed by atoms with E-state index in [1.165, 1.54) is 23.8 Å². The summed E-state index contributed by atoms with van der Waals surface area (Å²) in [6, 6.07) is 8.26. The molecule has 0 saturated carbocycles. The number of para-hydroxylation sites is 1. The molecule has 2 heterocycles. The van der Waals surface area contributed by atoms with Crippen molar-refractivity contribution in [1.82, 2.24) is 10.2 Å². The van der Waals surface area contributed by atoms with E-state index in [4.69, 9.17) is 4.74 Å². The Labute approximate surface area is 136 Å². The summed E-state index contributed by atoms with van der Waals surface area (Å²) >= 11 is 1.30. The molecule has 0 aromatic heterocycles. The van der Waals surface area contributed by atoms with Gasteiger partial charge in [0, 0.05) is 5.41 Å². The molecular weight excluding hydrogens is 320 g/mol. The smallest absolute Gasteiger partial charge is 0.355 e. The first-order valence-corrected chi connectivity index (χ1v) is 7.80. The summed E-state index contributed by atoms with van der Waals surface area (Å²) in [5.74, 6) is -0.705. The van der Waals surface area contributed by atoms with Crippen LogP contribution in [0, 0.1) is 0 Å². The average Bonchev–Trinajstić information content (AvgIpc) is 2.98. The minimum Gasteiger partial charge on any atom is -0.484 e. The number of β-lactam (4-membered cyclic amide) rings is 1. The first-order valence-electron chi connectivity index (χ1n) is 6.86. The fourth-order valence-electron chi connectivity index (χ4n) is 2.32. The number of ether oxygens (including phenoxy) is 2. The van der Waals surface area contributed by atoms with Crippen LogP contribution in [0.4, 0.5) is 0 Å². The van der Waals surface area contributed by atoms with Crippen LogP contribution in [0.5, 0.6) is 5.75 Å². The molecule has 0 aliphatic carbocycles. The van der Waals surface area contributed by atoms with Crippen LogP contribution in [-0.2, 0) is 19.1 Å². The second-order valence-electron chi connectivity index (χ2n) is 4.88. The highest BCUT2D eigenvalue weighted by Crippen LogP contribution is 2.41. The van der Waals surface area contributed by atoms with Crippen LogP contribution in [0.25, 0.3) is 0 Å². The molecule has 8 heteroatoms. The number of benzene rings is 1. The third-order valence-electron chi connectivity index (χ3n) is 3.45. The molecule has 2 amide bonds. The largest absolute Gasteiger partial charge is 0.484 e. The number of carbonyl (C=O) groups is 3. The van der Waals surface area contributed by atoms with Crippen molar-refractivity contribution in [3.8, 4) is 5.75 Å². The Morgan fingerprint density at radius 1 is 1.30 bits per heavy atom. The Kier molecular flexibility index (Phi) is 4.24. The summed E-state index contributed by atoms with van der Waals surface area (Å²) in [6.07, 6.45) is 0. The van der Waals surface area contributed by atoms with Gasteiger partial charge in [-0.2, -0.15) is 0 Å². The number of amides is 2. The maximum Gasteiger partial charge on any atom is 0.355 e. The van der Waals surface area contributed by atoms with Crippen molar-refractivity contribution in [2.45, 2.75) is 11.4 Å². The fraction of sp³-hybridized carbons (Fsp3) is 0.267. The molecular formula is C15H14N2O5S. The Hall–Kier alpha value is -2.48. The van der Waals surface area contributed by atoms with Crippen molar-refractivity contribution < 1.29 is 23.9 Å². The summed E-state index contributed by atoms with van der Waals surface area (Å²) in [7, 11) is 1.26. The van der Waals surface area contributed by atoms with Crippen molar-refractivity contribution >= 4 is 29.5 Å². The molecule has 1 N–H and O–H groups in total. The molecule has 0 radical (unpaired) electrons. The third kappa shape index (κ3) is 2.89. The standard InChI is InChI=1S/C15H14N2O5S/c1-21-15(20)10-8-23-14-12(13(19)17(10)14)16-11(18)7-22-9-5-3-2-4-6-9/h2-6,8,12,14H,7H2,1H3,(H,16,18)/t12-,14-/m1/s1. The van der Waals surface area contributed by atoms with Gasteiger partial charge < -0.3 is 14.8 Å². The lowest BCUT2D eigenvalue weighted by Crippen LogP contribution is -2.68. The number of nitrogens with zero attached hydrogens (tertiary/aromatic N) is 1. The van der Waals surface area contributed by atoms with Gasteiger partial charge in [0.15, 0.2) is 6.61 Å². The van der Waals surface area contributed by atoms with Crippen molar-refractivity contribution in [3.05, 3.63) is 41.4 Å². The molecule has 1 fully saturated rings. The molecule has 23 heavy (non-hydrogen) atoms. The number of carbonyl (C=O) groups excluding carboxylic acids is 3. The SMILES string of the molecule is COC(=O)C1=CS[C@@H]2[C@H](NC(=O)COc3ccccc3)C(=O)N12. The topological polar surface area (TPSA) is 84.9 Å². The average molecular weight is 334 g/mol. The summed E-state index contributed by atoms with van der Waals surface area (Å²) in [6.45, 7) is -0.178. The number of fused-ring (bicyclic) bond motifs is 1. The number of nitrogens with one attached hydrogen (secondary N) is 1. The van der Waals surface area contributed by atoms with Crippen molar-refractivity contribution in [2.24, 2.45) is 0 Å². The molecule has 0 spiro atoms. The van der Waals surface area contributed by atoms with Gasteiger partial charge >= 0.3 is 5.97 Å². The summed E-state index contributed by atoms with van der Waals surface area (Å²) in [5, 5.41) is 3.89. The zero-order chi connectivity index (χ0) is 16.4. The quantitative estimate of drug-likeness (QED) is 0.623. The van der Waals surface area contributed by atoms with Crippen LogP contribution in [0.1, 0.15) is 0 Å². The molecule has 3 rings (SSSR count). The predicted molar refractivity (Wildman–Crippen MR) is 82.2 cm³/mol. The minimum atomic E-state index is -0.662. The van der Waals surface area contributed by atoms with Crippen LogP contribution in [0.2, 0.25) is 0 Å². The molecule has 1 aromatic carbocycles. The number of rotatable bonds is 5. The van der Waals surface area contributed by atoms with E-state index in [1.807, 2.05) is 6.07 Å². The number of hydrogen-bond acceptors (Lipinski definition) is 6. The predicted octanol–water partition coefficient (Wildman–Crippen LogP) is 0.480. The molecule has 0 unspecified atom stereocenters. The van der Waals surface area contributed by atoms with Gasteiger partial charge in [0.05, 0.1) is 7.11 Å². The zero-order valence-electron chi connectivity index (χ0n) is 12.2. The van der Waals surface area contributed by atoms with Crippen LogP contribution in [-0.4, -0.2) is 47.8 Å². The zero-order valence-corrected chi connectivity index (χ0v) is 13.0. The van der Waals surface area contributed by atoms with Crippen molar-refractivity contribution in [1.29, 1.82) is 0 Å². The van der Waals surface area contributed by atoms with E-state index in [9.17, 15) is 14.4 Å². The highest BCUT2D eigenvalue weighted by atomic mass is 32.2. The third-order valence-corrected chi connectivity index (χ3v) is 4.57. The van der Waals surface area contributed by atoms with Crippen LogP contribution in [0.15, 0.2) is 41.4 Å². The van der Waals surface area contributed by atoms with Gasteiger partial charge in [0.1, 0.15) is 22.9 Å². The van der Waals surface area contributed by atoms with Crippen molar-refractivity contribution in [3.63, 3.8) is 0 Å². The van der Waals surface area contributed by atoms with Gasteiger partial charge in [-0.25, -0.2) is 4.79 Å². The molecule has 0 bridgehead atoms. The van der Waals surface area contributed by atoms with E-state index in [-0.39, 0.29) is 29.5 Å². The highest BCUT2D eigenvalue weighted by molar-refractivity contribution is 8.03. The highest BCUT2D eigenvalue weighted by Gasteiger charge is 2.54. The van der Waals surface area contributed by atoms with Crippen molar-refractivity contribution in [2.75, 3.05) is 13.7 Å². The number of methoxy groups -OCH3 is 1. The summed E-state index contributed by atoms with van der Waals surface area (Å²) in [5.41, 5.74) is 0.207. The summed E-state index contributed by atoms with van der Waals surface area (Å²) in [4.78, 5) is 36.9. The first kappa shape index (κ1) is 15.4. The number of esters is 1.